The molecule has 0 unspecified atom stereocenters. The maximum absolute atomic E-state index is 11.9. The van der Waals surface area contributed by atoms with Crippen LogP contribution < -0.4 is 16.4 Å². The van der Waals surface area contributed by atoms with Crippen LogP contribution in [-0.4, -0.2) is 63.5 Å². The maximum atomic E-state index is 11.9. The van der Waals surface area contributed by atoms with Crippen LogP contribution in [0.3, 0.4) is 0 Å². The molecule has 24 heavy (non-hydrogen) atoms. The summed E-state index contributed by atoms with van der Waals surface area (Å²) in [6.45, 7) is 0.755. The van der Waals surface area contributed by atoms with E-state index in [1.54, 1.807) is 0 Å². The predicted octanol–water partition coefficient (Wildman–Crippen LogP) is -1.47. The van der Waals surface area contributed by atoms with E-state index >= 15 is 0 Å². The monoisotopic (exact) mass is 363 g/mol. The number of carbonyl (C=O) groups excluding carboxylic acids is 3. The molecule has 0 aliphatic rings. The molecule has 0 bridgehead atoms. The van der Waals surface area contributed by atoms with Gasteiger partial charge in [0.05, 0.1) is 0 Å². The van der Waals surface area contributed by atoms with E-state index in [0.717, 1.165) is 11.8 Å². The van der Waals surface area contributed by atoms with Gasteiger partial charge in [-0.3, -0.25) is 24.0 Å². The van der Waals surface area contributed by atoms with Gasteiger partial charge in [-0.05, 0) is 12.8 Å². The van der Waals surface area contributed by atoms with Crippen LogP contribution in [0.15, 0.2) is 0 Å². The fraction of sp³-hybridized carbons (Fsp3) is 0.615. The van der Waals surface area contributed by atoms with E-state index < -0.39 is 42.4 Å². The molecule has 0 rings (SSSR count). The summed E-state index contributed by atoms with van der Waals surface area (Å²) in [6.07, 6.45) is -0.185. The fourth-order valence-electron chi connectivity index (χ4n) is 1.55. The molecule has 0 aromatic rings. The van der Waals surface area contributed by atoms with Crippen molar-refractivity contribution >= 4 is 40.6 Å². The molecule has 11 heteroatoms. The summed E-state index contributed by atoms with van der Waals surface area (Å²) in [5.41, 5.74) is 5.28. The van der Waals surface area contributed by atoms with Crippen molar-refractivity contribution in [2.24, 2.45) is 5.73 Å². The molecular weight excluding hydrogens is 342 g/mol. The van der Waals surface area contributed by atoms with Crippen LogP contribution >= 0.6 is 11.8 Å². The molecular formula is C13H21N3O7S. The number of rotatable bonds is 11. The second kappa shape index (κ2) is 11.4. The summed E-state index contributed by atoms with van der Waals surface area (Å²) in [6, 6.07) is -2.21. The topological polar surface area (TPSA) is 176 Å². The Balaban J connectivity index is 4.57. The average molecular weight is 363 g/mol. The zero-order valence-corrected chi connectivity index (χ0v) is 13.9. The molecule has 0 saturated carbocycles. The van der Waals surface area contributed by atoms with Gasteiger partial charge in [0.15, 0.2) is 5.12 Å². The minimum atomic E-state index is -1.24. The molecule has 0 aromatic carbocycles. The van der Waals surface area contributed by atoms with Gasteiger partial charge in [-0.15, -0.1) is 0 Å². The van der Waals surface area contributed by atoms with Crippen LogP contribution in [0, 0.1) is 0 Å². The number of carboxylic acid groups (broad SMARTS) is 2. The maximum Gasteiger partial charge on any atom is 0.322 e. The quantitative estimate of drug-likeness (QED) is 0.293. The van der Waals surface area contributed by atoms with Crippen molar-refractivity contribution in [2.45, 2.75) is 38.3 Å². The highest BCUT2D eigenvalue weighted by Gasteiger charge is 2.22. The van der Waals surface area contributed by atoms with Crippen LogP contribution in [0.2, 0.25) is 0 Å². The smallest absolute Gasteiger partial charge is 0.322 e. The largest absolute Gasteiger partial charge is 0.480 e. The zero-order chi connectivity index (χ0) is 18.7. The van der Waals surface area contributed by atoms with E-state index in [1.807, 2.05) is 0 Å². The van der Waals surface area contributed by atoms with E-state index in [2.05, 4.69) is 10.6 Å². The van der Waals surface area contributed by atoms with Gasteiger partial charge in [0.2, 0.25) is 11.8 Å². The van der Waals surface area contributed by atoms with E-state index in [0.29, 0.717) is 0 Å². The van der Waals surface area contributed by atoms with Gasteiger partial charge in [-0.1, -0.05) is 11.8 Å². The first kappa shape index (κ1) is 21.9. The number of nitrogens with two attached hydrogens (primary N) is 1. The molecule has 2 amide bonds. The minimum Gasteiger partial charge on any atom is -0.480 e. The minimum absolute atomic E-state index is 0.104. The average Bonchev–Trinajstić information content (AvgIpc) is 2.48. The molecule has 0 heterocycles. The second-order valence-electron chi connectivity index (χ2n) is 4.84. The number of hydrogen-bond donors (Lipinski definition) is 5. The lowest BCUT2D eigenvalue weighted by molar-refractivity contribution is -0.139. The number of thioether (sulfide) groups is 1. The number of carboxylic acids is 2. The summed E-state index contributed by atoms with van der Waals surface area (Å²) in [4.78, 5) is 55.7. The van der Waals surface area contributed by atoms with Crippen molar-refractivity contribution in [3.63, 3.8) is 0 Å². The van der Waals surface area contributed by atoms with Crippen molar-refractivity contribution in [2.75, 3.05) is 12.3 Å². The number of amides is 2. The lowest BCUT2D eigenvalue weighted by Crippen LogP contribution is -2.48. The third-order valence-corrected chi connectivity index (χ3v) is 3.62. The van der Waals surface area contributed by atoms with E-state index in [9.17, 15) is 24.0 Å². The molecule has 0 spiro atoms. The second-order valence-corrected chi connectivity index (χ2v) is 6.12. The molecule has 136 valence electrons. The first-order valence-electron chi connectivity index (χ1n) is 7.04. The first-order chi connectivity index (χ1) is 11.1. The van der Waals surface area contributed by atoms with Gasteiger partial charge in [0.25, 0.3) is 0 Å². The highest BCUT2D eigenvalue weighted by molar-refractivity contribution is 8.13. The van der Waals surface area contributed by atoms with E-state index in [4.69, 9.17) is 15.9 Å². The number of nitrogens with one attached hydrogen (secondary N) is 2. The number of carbonyl (C=O) groups is 5. The molecule has 0 aromatic heterocycles. The Bertz CT molecular complexity index is 498. The number of hydrogen-bond acceptors (Lipinski definition) is 7. The molecule has 0 saturated heterocycles. The van der Waals surface area contributed by atoms with Crippen molar-refractivity contribution in [1.29, 1.82) is 0 Å². The summed E-state index contributed by atoms with van der Waals surface area (Å²) in [7, 11) is 0. The normalized spacial score (nSPS) is 12.8. The van der Waals surface area contributed by atoms with E-state index in [-0.39, 0.29) is 30.1 Å². The highest BCUT2D eigenvalue weighted by Crippen LogP contribution is 2.07. The predicted molar refractivity (Wildman–Crippen MR) is 85.2 cm³/mol. The van der Waals surface area contributed by atoms with Gasteiger partial charge in [0.1, 0.15) is 18.6 Å². The molecule has 0 fully saturated rings. The Morgan fingerprint density at radius 1 is 1.12 bits per heavy atom. The lowest BCUT2D eigenvalue weighted by Gasteiger charge is -2.18. The Hall–Kier alpha value is -2.14. The Kier molecular flexibility index (Phi) is 10.4. The first-order valence-corrected chi connectivity index (χ1v) is 8.02. The van der Waals surface area contributed by atoms with Crippen molar-refractivity contribution in [1.82, 2.24) is 10.6 Å². The fourth-order valence-corrected chi connectivity index (χ4v) is 2.19. The van der Waals surface area contributed by atoms with Crippen LogP contribution in [0.25, 0.3) is 0 Å². The van der Waals surface area contributed by atoms with Crippen LogP contribution in [0.4, 0.5) is 0 Å². The van der Waals surface area contributed by atoms with Gasteiger partial charge in [-0.2, -0.15) is 0 Å². The van der Waals surface area contributed by atoms with Gasteiger partial charge < -0.3 is 26.6 Å². The van der Waals surface area contributed by atoms with Gasteiger partial charge >= 0.3 is 11.9 Å². The Morgan fingerprint density at radius 3 is 2.25 bits per heavy atom. The number of aliphatic carboxylic acids is 2. The highest BCUT2D eigenvalue weighted by atomic mass is 32.2. The van der Waals surface area contributed by atoms with Crippen LogP contribution in [0.1, 0.15) is 26.2 Å². The van der Waals surface area contributed by atoms with Crippen molar-refractivity contribution in [3.05, 3.63) is 0 Å². The van der Waals surface area contributed by atoms with Gasteiger partial charge in [0, 0.05) is 19.1 Å². The Morgan fingerprint density at radius 2 is 1.75 bits per heavy atom. The van der Waals surface area contributed by atoms with Crippen LogP contribution in [-0.2, 0) is 24.0 Å². The van der Waals surface area contributed by atoms with Crippen molar-refractivity contribution in [3.8, 4) is 0 Å². The molecule has 0 radical (unpaired) electrons. The third-order valence-electron chi connectivity index (χ3n) is 2.78. The van der Waals surface area contributed by atoms with Crippen molar-refractivity contribution < 1.29 is 34.2 Å². The van der Waals surface area contributed by atoms with E-state index in [1.165, 1.54) is 6.92 Å². The molecule has 6 N–H and O–H groups in total. The summed E-state index contributed by atoms with van der Waals surface area (Å²) in [5, 5.41) is 21.6. The summed E-state index contributed by atoms with van der Waals surface area (Å²) >= 11 is 0.966. The lowest BCUT2D eigenvalue weighted by atomic mass is 10.1. The standard InChI is InChI=1S/C13H21N3O7S/c1-7(17)24-5-4-9(12(21)15-6-11(19)20)16-10(18)3-2-8(14)13(22)23/h8-9H,2-6,14H2,1H3,(H,15,21)(H,16,18)(H,19,20)(H,22,23)/t8-,9-/m0/s1. The Labute approximate surface area is 142 Å². The molecule has 0 aliphatic heterocycles. The SMILES string of the molecule is CC(=O)SCC[C@H](NC(=O)CC[C@H](N)C(=O)O)C(=O)NCC(=O)O. The molecule has 0 aliphatic carbocycles. The summed E-state index contributed by atoms with van der Waals surface area (Å²) < 4.78 is 0. The van der Waals surface area contributed by atoms with Gasteiger partial charge in [-0.25, -0.2) is 0 Å². The zero-order valence-electron chi connectivity index (χ0n) is 13.1. The van der Waals surface area contributed by atoms with Crippen LogP contribution in [0.5, 0.6) is 0 Å². The third kappa shape index (κ3) is 10.6. The molecule has 2 atom stereocenters. The molecule has 10 nitrogen and oxygen atoms in total. The summed E-state index contributed by atoms with van der Waals surface area (Å²) in [5.74, 6) is -3.50.